The zero-order valence-corrected chi connectivity index (χ0v) is 21.9. The monoisotopic (exact) mass is 513 g/mol. The Morgan fingerprint density at radius 1 is 0.974 bits per heavy atom. The Morgan fingerprint density at radius 2 is 1.66 bits per heavy atom. The summed E-state index contributed by atoms with van der Waals surface area (Å²) in [5.41, 5.74) is 4.96. The van der Waals surface area contributed by atoms with Gasteiger partial charge in [-0.1, -0.05) is 36.4 Å². The van der Waals surface area contributed by atoms with Crippen molar-refractivity contribution in [3.63, 3.8) is 0 Å². The van der Waals surface area contributed by atoms with Crippen LogP contribution in [0.4, 0.5) is 5.69 Å². The lowest BCUT2D eigenvalue weighted by Crippen LogP contribution is -2.36. The van der Waals surface area contributed by atoms with E-state index < -0.39 is 11.8 Å². The zero-order valence-electron chi connectivity index (χ0n) is 21.9. The molecule has 0 saturated heterocycles. The Labute approximate surface area is 224 Å². The molecule has 3 aromatic carbocycles. The summed E-state index contributed by atoms with van der Waals surface area (Å²) in [7, 11) is 4.02. The first-order chi connectivity index (χ1) is 18.4. The molecular formula is C31H35N3O4. The second-order valence-corrected chi connectivity index (χ2v) is 9.62. The number of rotatable bonds is 12. The van der Waals surface area contributed by atoms with Gasteiger partial charge in [-0.3, -0.25) is 9.59 Å². The van der Waals surface area contributed by atoms with Crippen LogP contribution in [-0.2, 0) is 11.2 Å². The van der Waals surface area contributed by atoms with Crippen molar-refractivity contribution in [3.8, 4) is 5.75 Å². The molecule has 38 heavy (non-hydrogen) atoms. The third kappa shape index (κ3) is 7.70. The molecule has 1 saturated carbocycles. The molecule has 198 valence electrons. The van der Waals surface area contributed by atoms with Gasteiger partial charge in [0.05, 0.1) is 13.2 Å². The maximum absolute atomic E-state index is 12.9. The van der Waals surface area contributed by atoms with E-state index in [2.05, 4.69) is 51.9 Å². The Balaban J connectivity index is 1.35. The molecule has 7 heteroatoms. The number of anilines is 1. The maximum Gasteiger partial charge on any atom is 0.267 e. The lowest BCUT2D eigenvalue weighted by molar-refractivity contribution is -0.117. The number of benzene rings is 3. The fourth-order valence-electron chi connectivity index (χ4n) is 4.02. The lowest BCUT2D eigenvalue weighted by atomic mass is 10.1. The van der Waals surface area contributed by atoms with Gasteiger partial charge in [-0.05, 0) is 77.9 Å². The molecule has 0 heterocycles. The van der Waals surface area contributed by atoms with E-state index >= 15 is 0 Å². The van der Waals surface area contributed by atoms with Gasteiger partial charge in [0.2, 0.25) is 0 Å². The first kappa shape index (κ1) is 26.9. The van der Waals surface area contributed by atoms with E-state index in [1.165, 1.54) is 24.0 Å². The van der Waals surface area contributed by atoms with Crippen molar-refractivity contribution in [1.29, 1.82) is 0 Å². The fourth-order valence-corrected chi connectivity index (χ4v) is 4.02. The molecule has 1 fully saturated rings. The van der Waals surface area contributed by atoms with Crippen LogP contribution in [-0.4, -0.2) is 50.8 Å². The Kier molecular flexibility index (Phi) is 9.16. The second kappa shape index (κ2) is 12.9. The fraction of sp³-hybridized carbons (Fsp3) is 0.290. The number of aliphatic hydroxyl groups excluding tert-OH is 1. The normalized spacial score (nSPS) is 13.1. The number of nitrogens with one attached hydrogen (secondary N) is 2. The van der Waals surface area contributed by atoms with Crippen LogP contribution in [0.3, 0.4) is 0 Å². The molecule has 1 aliphatic carbocycles. The Hall–Kier alpha value is -4.10. The van der Waals surface area contributed by atoms with Crippen LogP contribution in [0.15, 0.2) is 78.5 Å². The summed E-state index contributed by atoms with van der Waals surface area (Å²) in [6.07, 6.45) is 4.85. The van der Waals surface area contributed by atoms with Crippen LogP contribution < -0.4 is 20.3 Å². The van der Waals surface area contributed by atoms with Crippen LogP contribution in [0.2, 0.25) is 0 Å². The third-order valence-electron chi connectivity index (χ3n) is 6.42. The van der Waals surface area contributed by atoms with Gasteiger partial charge in [0.1, 0.15) is 11.4 Å². The van der Waals surface area contributed by atoms with Gasteiger partial charge in [0.15, 0.2) is 0 Å². The van der Waals surface area contributed by atoms with Crippen molar-refractivity contribution in [3.05, 3.63) is 101 Å². The Morgan fingerprint density at radius 3 is 2.26 bits per heavy atom. The molecule has 2 amide bonds. The molecular weight excluding hydrogens is 478 g/mol. The van der Waals surface area contributed by atoms with Crippen molar-refractivity contribution in [2.45, 2.75) is 25.2 Å². The maximum atomic E-state index is 12.9. The van der Waals surface area contributed by atoms with Crippen molar-refractivity contribution < 1.29 is 19.4 Å². The van der Waals surface area contributed by atoms with E-state index in [0.29, 0.717) is 23.8 Å². The Bertz CT molecular complexity index is 1250. The largest absolute Gasteiger partial charge is 0.493 e. The topological polar surface area (TPSA) is 90.9 Å². The summed E-state index contributed by atoms with van der Waals surface area (Å²) in [4.78, 5) is 27.7. The van der Waals surface area contributed by atoms with Gasteiger partial charge in [-0.25, -0.2) is 0 Å². The highest BCUT2D eigenvalue weighted by Crippen LogP contribution is 2.39. The minimum absolute atomic E-state index is 0.0957. The highest BCUT2D eigenvalue weighted by molar-refractivity contribution is 6.05. The summed E-state index contributed by atoms with van der Waals surface area (Å²) in [5, 5.41) is 14.4. The van der Waals surface area contributed by atoms with E-state index in [-0.39, 0.29) is 18.8 Å². The molecule has 7 nitrogen and oxygen atoms in total. The number of hydrogen-bond acceptors (Lipinski definition) is 5. The van der Waals surface area contributed by atoms with Gasteiger partial charge in [-0.15, -0.1) is 0 Å². The molecule has 0 radical (unpaired) electrons. The SMILES string of the molecule is CN(C)c1ccc(CCOc2ccc(C(=O)N/C(=C/c3ccc(C4CC4)cc3)C(=O)NCCO)cc2)cc1. The number of nitrogens with zero attached hydrogens (tertiary/aromatic N) is 1. The molecule has 0 spiro atoms. The molecule has 0 aliphatic heterocycles. The van der Waals surface area contributed by atoms with Crippen molar-refractivity contribution in [2.75, 3.05) is 38.8 Å². The predicted octanol–water partition coefficient (Wildman–Crippen LogP) is 4.13. The van der Waals surface area contributed by atoms with Crippen molar-refractivity contribution in [2.24, 2.45) is 0 Å². The van der Waals surface area contributed by atoms with E-state index in [1.807, 2.05) is 26.2 Å². The van der Waals surface area contributed by atoms with Gasteiger partial charge in [0.25, 0.3) is 11.8 Å². The van der Waals surface area contributed by atoms with Gasteiger partial charge < -0.3 is 25.4 Å². The summed E-state index contributed by atoms with van der Waals surface area (Å²) in [6.45, 7) is 0.425. The van der Waals surface area contributed by atoms with Crippen LogP contribution in [0.5, 0.6) is 5.75 Å². The molecule has 4 rings (SSSR count). The van der Waals surface area contributed by atoms with Crippen LogP contribution in [0, 0.1) is 0 Å². The average Bonchev–Trinajstić information content (AvgIpc) is 3.78. The zero-order chi connectivity index (χ0) is 26.9. The van der Waals surface area contributed by atoms with Crippen molar-refractivity contribution >= 4 is 23.6 Å². The number of carbonyl (C=O) groups is 2. The van der Waals surface area contributed by atoms with E-state index in [9.17, 15) is 9.59 Å². The van der Waals surface area contributed by atoms with Crippen molar-refractivity contribution in [1.82, 2.24) is 10.6 Å². The molecule has 3 N–H and O–H groups in total. The number of hydrogen-bond donors (Lipinski definition) is 3. The van der Waals surface area contributed by atoms with Crippen LogP contribution >= 0.6 is 0 Å². The number of ether oxygens (including phenoxy) is 1. The highest BCUT2D eigenvalue weighted by Gasteiger charge is 2.23. The summed E-state index contributed by atoms with van der Waals surface area (Å²) in [5.74, 6) is 0.440. The van der Waals surface area contributed by atoms with Gasteiger partial charge in [0, 0.05) is 38.3 Å². The molecule has 0 aromatic heterocycles. The smallest absolute Gasteiger partial charge is 0.267 e. The quantitative estimate of drug-likeness (QED) is 0.317. The van der Waals surface area contributed by atoms with Gasteiger partial charge in [-0.2, -0.15) is 0 Å². The molecule has 3 aromatic rings. The van der Waals surface area contributed by atoms with E-state index in [0.717, 1.165) is 17.7 Å². The van der Waals surface area contributed by atoms with E-state index in [1.54, 1.807) is 30.3 Å². The molecule has 0 atom stereocenters. The summed E-state index contributed by atoms with van der Waals surface area (Å²) < 4.78 is 5.85. The van der Waals surface area contributed by atoms with Gasteiger partial charge >= 0.3 is 0 Å². The predicted molar refractivity (Wildman–Crippen MR) is 150 cm³/mol. The molecule has 0 unspecified atom stereocenters. The highest BCUT2D eigenvalue weighted by atomic mass is 16.5. The first-order valence-electron chi connectivity index (χ1n) is 12.9. The standard InChI is InChI=1S/C31H35N3O4/c1-34(2)27-13-5-22(6-14-27)17-20-38-28-15-11-26(12-16-28)30(36)33-29(31(37)32-18-19-35)21-23-3-7-24(8-4-23)25-9-10-25/h3-8,11-16,21,25,35H,9-10,17-20H2,1-2H3,(H,32,37)(H,33,36)/b29-21+. The average molecular weight is 514 g/mol. The number of carbonyl (C=O) groups excluding carboxylic acids is 2. The lowest BCUT2D eigenvalue weighted by Gasteiger charge is -2.13. The second-order valence-electron chi connectivity index (χ2n) is 9.62. The minimum Gasteiger partial charge on any atom is -0.493 e. The van der Waals surface area contributed by atoms with Crippen LogP contribution in [0.25, 0.3) is 6.08 Å². The first-order valence-corrected chi connectivity index (χ1v) is 12.9. The number of amides is 2. The summed E-state index contributed by atoms with van der Waals surface area (Å²) in [6, 6.07) is 23.2. The molecule has 0 bridgehead atoms. The van der Waals surface area contributed by atoms with Crippen LogP contribution in [0.1, 0.15) is 45.8 Å². The van der Waals surface area contributed by atoms with E-state index in [4.69, 9.17) is 9.84 Å². The minimum atomic E-state index is -0.461. The molecule has 1 aliphatic rings. The number of aliphatic hydroxyl groups is 1. The summed E-state index contributed by atoms with van der Waals surface area (Å²) >= 11 is 0. The third-order valence-corrected chi connectivity index (χ3v) is 6.42.